The zero-order valence-electron chi connectivity index (χ0n) is 10.2. The Balaban J connectivity index is 2.37. The summed E-state index contributed by atoms with van der Waals surface area (Å²) in [6.45, 7) is 0.747. The average molecular weight is 300 g/mol. The van der Waals surface area contributed by atoms with Crippen molar-refractivity contribution in [2.75, 3.05) is 20.8 Å². The lowest BCUT2D eigenvalue weighted by Gasteiger charge is -2.37. The van der Waals surface area contributed by atoms with E-state index in [1.54, 1.807) is 14.2 Å². The summed E-state index contributed by atoms with van der Waals surface area (Å²) in [5, 5.41) is 0. The van der Waals surface area contributed by atoms with Crippen LogP contribution in [-0.2, 0) is 0 Å². The van der Waals surface area contributed by atoms with Gasteiger partial charge in [0.05, 0.1) is 14.2 Å². The van der Waals surface area contributed by atoms with Gasteiger partial charge in [-0.05, 0) is 58.8 Å². The second-order valence-corrected chi connectivity index (χ2v) is 5.18. The highest BCUT2D eigenvalue weighted by molar-refractivity contribution is 9.10. The molecule has 2 N–H and O–H groups in total. The quantitative estimate of drug-likeness (QED) is 0.930. The van der Waals surface area contributed by atoms with E-state index in [2.05, 4.69) is 22.0 Å². The molecule has 17 heavy (non-hydrogen) atoms. The van der Waals surface area contributed by atoms with Crippen molar-refractivity contribution in [1.82, 2.24) is 0 Å². The largest absolute Gasteiger partial charge is 0.495 e. The van der Waals surface area contributed by atoms with E-state index in [4.69, 9.17) is 15.2 Å². The fourth-order valence-electron chi connectivity index (χ4n) is 2.47. The summed E-state index contributed by atoms with van der Waals surface area (Å²) in [6, 6.07) is 4.07. The molecule has 4 heteroatoms. The van der Waals surface area contributed by atoms with Crippen molar-refractivity contribution in [3.05, 3.63) is 22.2 Å². The fourth-order valence-corrected chi connectivity index (χ4v) is 3.16. The Morgan fingerprint density at radius 2 is 2.06 bits per heavy atom. The number of benzene rings is 1. The highest BCUT2D eigenvalue weighted by Crippen LogP contribution is 2.48. The highest BCUT2D eigenvalue weighted by Gasteiger charge is 2.33. The third-order valence-corrected chi connectivity index (χ3v) is 4.39. The molecule has 2 atom stereocenters. The first-order chi connectivity index (χ1) is 8.22. The van der Waals surface area contributed by atoms with Crippen molar-refractivity contribution in [3.63, 3.8) is 0 Å². The van der Waals surface area contributed by atoms with Crippen LogP contribution in [0.5, 0.6) is 11.5 Å². The number of nitrogens with two attached hydrogens (primary N) is 1. The summed E-state index contributed by atoms with van der Waals surface area (Å²) in [5.41, 5.74) is 7.01. The minimum atomic E-state index is 0.525. The van der Waals surface area contributed by atoms with Crippen molar-refractivity contribution in [2.45, 2.75) is 18.8 Å². The SMILES string of the molecule is COc1ccc(C2CCC2CN)c(OC)c1Br. The number of hydrogen-bond donors (Lipinski definition) is 1. The molecule has 0 radical (unpaired) electrons. The molecule has 0 bridgehead atoms. The van der Waals surface area contributed by atoms with Gasteiger partial charge in [-0.3, -0.25) is 0 Å². The lowest BCUT2D eigenvalue weighted by atomic mass is 9.70. The molecule has 0 heterocycles. The van der Waals surface area contributed by atoms with Gasteiger partial charge < -0.3 is 15.2 Å². The standard InChI is InChI=1S/C13H18BrNO2/c1-16-11-6-5-10(13(17-2)12(11)14)9-4-3-8(9)7-15/h5-6,8-9H,3-4,7,15H2,1-2H3. The molecule has 1 aliphatic carbocycles. The maximum absolute atomic E-state index is 5.77. The predicted molar refractivity (Wildman–Crippen MR) is 71.8 cm³/mol. The first-order valence-corrected chi connectivity index (χ1v) is 6.62. The molecule has 1 fully saturated rings. The van der Waals surface area contributed by atoms with Gasteiger partial charge >= 0.3 is 0 Å². The minimum absolute atomic E-state index is 0.525. The predicted octanol–water partition coefficient (Wildman–Crippen LogP) is 2.92. The number of methoxy groups -OCH3 is 2. The van der Waals surface area contributed by atoms with E-state index in [0.29, 0.717) is 11.8 Å². The Morgan fingerprint density at radius 1 is 1.29 bits per heavy atom. The van der Waals surface area contributed by atoms with E-state index < -0.39 is 0 Å². The zero-order chi connectivity index (χ0) is 12.4. The van der Waals surface area contributed by atoms with Crippen LogP contribution in [-0.4, -0.2) is 20.8 Å². The fraction of sp³-hybridized carbons (Fsp3) is 0.538. The van der Waals surface area contributed by atoms with E-state index in [1.807, 2.05) is 6.07 Å². The van der Waals surface area contributed by atoms with Gasteiger partial charge in [-0.25, -0.2) is 0 Å². The van der Waals surface area contributed by atoms with Crippen molar-refractivity contribution in [2.24, 2.45) is 11.7 Å². The maximum atomic E-state index is 5.77. The molecular weight excluding hydrogens is 282 g/mol. The van der Waals surface area contributed by atoms with Gasteiger partial charge in [0.1, 0.15) is 16.0 Å². The van der Waals surface area contributed by atoms with Crippen LogP contribution in [0.1, 0.15) is 24.3 Å². The van der Waals surface area contributed by atoms with Crippen molar-refractivity contribution < 1.29 is 9.47 Å². The molecule has 0 aliphatic heterocycles. The number of ether oxygens (including phenoxy) is 2. The van der Waals surface area contributed by atoms with Crippen molar-refractivity contribution in [3.8, 4) is 11.5 Å². The normalized spacial score (nSPS) is 23.1. The zero-order valence-corrected chi connectivity index (χ0v) is 11.8. The maximum Gasteiger partial charge on any atom is 0.140 e. The summed E-state index contributed by atoms with van der Waals surface area (Å²) < 4.78 is 11.7. The number of rotatable bonds is 4. The van der Waals surface area contributed by atoms with Crippen LogP contribution in [0, 0.1) is 5.92 Å². The highest BCUT2D eigenvalue weighted by atomic mass is 79.9. The van der Waals surface area contributed by atoms with Gasteiger partial charge in [0.15, 0.2) is 0 Å². The van der Waals surface area contributed by atoms with Gasteiger partial charge in [-0.2, -0.15) is 0 Å². The Labute approximate surface area is 110 Å². The van der Waals surface area contributed by atoms with Gasteiger partial charge in [-0.1, -0.05) is 6.07 Å². The Hall–Kier alpha value is -0.740. The van der Waals surface area contributed by atoms with E-state index >= 15 is 0 Å². The van der Waals surface area contributed by atoms with Crippen LogP contribution < -0.4 is 15.2 Å². The van der Waals surface area contributed by atoms with E-state index in [0.717, 1.165) is 22.5 Å². The molecule has 1 aromatic carbocycles. The Morgan fingerprint density at radius 3 is 2.53 bits per heavy atom. The van der Waals surface area contributed by atoms with Gasteiger partial charge in [0, 0.05) is 0 Å². The second-order valence-electron chi connectivity index (χ2n) is 4.38. The first kappa shape index (κ1) is 12.7. The topological polar surface area (TPSA) is 44.5 Å². The van der Waals surface area contributed by atoms with Crippen LogP contribution in [0.15, 0.2) is 16.6 Å². The Kier molecular flexibility index (Phi) is 3.94. The molecule has 94 valence electrons. The smallest absolute Gasteiger partial charge is 0.140 e. The van der Waals surface area contributed by atoms with E-state index in [-0.39, 0.29) is 0 Å². The Bertz CT molecular complexity index is 407. The van der Waals surface area contributed by atoms with Gasteiger partial charge in [0.25, 0.3) is 0 Å². The lowest BCUT2D eigenvalue weighted by Crippen LogP contribution is -2.30. The minimum Gasteiger partial charge on any atom is -0.495 e. The summed E-state index contributed by atoms with van der Waals surface area (Å²) >= 11 is 3.53. The molecule has 0 spiro atoms. The molecule has 2 unspecified atom stereocenters. The molecule has 0 amide bonds. The summed E-state index contributed by atoms with van der Waals surface area (Å²) in [7, 11) is 3.35. The van der Waals surface area contributed by atoms with E-state index in [1.165, 1.54) is 18.4 Å². The molecule has 0 aromatic heterocycles. The van der Waals surface area contributed by atoms with Gasteiger partial charge in [0.2, 0.25) is 0 Å². The molecule has 1 aliphatic rings. The monoisotopic (exact) mass is 299 g/mol. The van der Waals surface area contributed by atoms with E-state index in [9.17, 15) is 0 Å². The first-order valence-electron chi connectivity index (χ1n) is 5.83. The molecule has 3 nitrogen and oxygen atoms in total. The lowest BCUT2D eigenvalue weighted by molar-refractivity contribution is 0.255. The van der Waals surface area contributed by atoms with Crippen LogP contribution in [0.4, 0.5) is 0 Å². The summed E-state index contributed by atoms with van der Waals surface area (Å²) in [5.74, 6) is 2.79. The second kappa shape index (κ2) is 5.27. The third kappa shape index (κ3) is 2.16. The summed E-state index contributed by atoms with van der Waals surface area (Å²) in [6.07, 6.45) is 2.41. The van der Waals surface area contributed by atoms with Crippen LogP contribution in [0.3, 0.4) is 0 Å². The third-order valence-electron chi connectivity index (χ3n) is 3.64. The number of halogens is 1. The molecule has 1 aromatic rings. The molecule has 0 saturated heterocycles. The van der Waals surface area contributed by atoms with Crippen molar-refractivity contribution in [1.29, 1.82) is 0 Å². The van der Waals surface area contributed by atoms with Crippen LogP contribution >= 0.6 is 15.9 Å². The molecule has 1 saturated carbocycles. The number of hydrogen-bond acceptors (Lipinski definition) is 3. The average Bonchev–Trinajstić information content (AvgIpc) is 2.29. The van der Waals surface area contributed by atoms with Gasteiger partial charge in [-0.15, -0.1) is 0 Å². The van der Waals surface area contributed by atoms with Crippen LogP contribution in [0.25, 0.3) is 0 Å². The van der Waals surface area contributed by atoms with Crippen molar-refractivity contribution >= 4 is 15.9 Å². The molecular formula is C13H18BrNO2. The molecule has 2 rings (SSSR count). The van der Waals surface area contributed by atoms with Crippen LogP contribution in [0.2, 0.25) is 0 Å². The summed E-state index contributed by atoms with van der Waals surface area (Å²) in [4.78, 5) is 0.